The molecule has 162 valence electrons. The van der Waals surface area contributed by atoms with Crippen molar-refractivity contribution in [3.63, 3.8) is 0 Å². The van der Waals surface area contributed by atoms with E-state index in [2.05, 4.69) is 0 Å². The Balaban J connectivity index is 1.43. The number of benzene rings is 3. The Bertz CT molecular complexity index is 1060. The molecule has 2 atom stereocenters. The molecule has 1 heterocycles. The normalized spacial score (nSPS) is 16.4. The number of aliphatic hydroxyl groups excluding tert-OH is 1. The second-order valence-electron chi connectivity index (χ2n) is 8.00. The number of halogens is 3. The van der Waals surface area contributed by atoms with Gasteiger partial charge in [-0.2, -0.15) is 0 Å². The van der Waals surface area contributed by atoms with Crippen molar-refractivity contribution in [3.05, 3.63) is 94.3 Å². The summed E-state index contributed by atoms with van der Waals surface area (Å²) in [5, 5.41) is 9.97. The summed E-state index contributed by atoms with van der Waals surface area (Å²) in [5.74, 6) is -2.12. The minimum Gasteiger partial charge on any atom is -0.388 e. The van der Waals surface area contributed by atoms with E-state index in [1.807, 2.05) is 37.3 Å². The largest absolute Gasteiger partial charge is 0.388 e. The van der Waals surface area contributed by atoms with E-state index in [1.165, 1.54) is 12.1 Å². The van der Waals surface area contributed by atoms with Gasteiger partial charge in [-0.3, -0.25) is 0 Å². The molecule has 1 aliphatic rings. The highest BCUT2D eigenvalue weighted by Gasteiger charge is 2.27. The van der Waals surface area contributed by atoms with Crippen molar-refractivity contribution in [1.82, 2.24) is 0 Å². The van der Waals surface area contributed by atoms with Gasteiger partial charge >= 0.3 is 0 Å². The monoisotopic (exact) mass is 426 g/mol. The summed E-state index contributed by atoms with van der Waals surface area (Å²) in [4.78, 5) is 0. The third kappa shape index (κ3) is 4.83. The number of hydrogen-bond donors (Lipinski definition) is 1. The van der Waals surface area contributed by atoms with Crippen molar-refractivity contribution in [2.75, 3.05) is 6.61 Å². The van der Waals surface area contributed by atoms with Crippen LogP contribution in [-0.2, 0) is 17.6 Å². The predicted molar refractivity (Wildman–Crippen MR) is 114 cm³/mol. The van der Waals surface area contributed by atoms with E-state index in [9.17, 15) is 18.3 Å². The van der Waals surface area contributed by atoms with Gasteiger partial charge in [-0.05, 0) is 47.6 Å². The average molecular weight is 426 g/mol. The summed E-state index contributed by atoms with van der Waals surface area (Å²) in [6.45, 7) is 2.45. The van der Waals surface area contributed by atoms with Gasteiger partial charge in [0.1, 0.15) is 11.9 Å². The van der Waals surface area contributed by atoms with Crippen molar-refractivity contribution >= 4 is 0 Å². The minimum absolute atomic E-state index is 0.0129. The molecule has 3 aromatic rings. The third-order valence-electron chi connectivity index (χ3n) is 5.76. The maximum atomic E-state index is 14.5. The second kappa shape index (κ2) is 9.25. The molecule has 1 N–H and O–H groups in total. The number of aliphatic hydroxyl groups is 1. The lowest BCUT2D eigenvalue weighted by molar-refractivity contribution is 0.160. The number of rotatable bonds is 8. The smallest absolute Gasteiger partial charge is 0.164 e. The molecule has 5 heteroatoms. The van der Waals surface area contributed by atoms with Gasteiger partial charge in [0.15, 0.2) is 11.6 Å². The Morgan fingerprint density at radius 3 is 2.29 bits per heavy atom. The fourth-order valence-electron chi connectivity index (χ4n) is 3.82. The highest BCUT2D eigenvalue weighted by Crippen LogP contribution is 2.33. The lowest BCUT2D eigenvalue weighted by atomic mass is 9.97. The first-order valence-electron chi connectivity index (χ1n) is 10.6. The molecule has 0 radical (unpaired) electrons. The zero-order chi connectivity index (χ0) is 22.0. The topological polar surface area (TPSA) is 32.8 Å². The highest BCUT2D eigenvalue weighted by atomic mass is 19.2. The van der Waals surface area contributed by atoms with Crippen molar-refractivity contribution < 1.29 is 23.0 Å². The van der Waals surface area contributed by atoms with Gasteiger partial charge in [0.05, 0.1) is 12.7 Å². The van der Waals surface area contributed by atoms with Crippen LogP contribution < -0.4 is 0 Å². The first-order valence-corrected chi connectivity index (χ1v) is 10.6. The van der Waals surface area contributed by atoms with Gasteiger partial charge in [-0.25, -0.2) is 13.2 Å². The second-order valence-corrected chi connectivity index (χ2v) is 8.00. The van der Waals surface area contributed by atoms with Gasteiger partial charge in [0.2, 0.25) is 0 Å². The van der Waals surface area contributed by atoms with E-state index in [4.69, 9.17) is 4.74 Å². The molecular formula is C26H25F3O2. The van der Waals surface area contributed by atoms with Crippen LogP contribution in [0.2, 0.25) is 0 Å². The quantitative estimate of drug-likeness (QED) is 0.419. The lowest BCUT2D eigenvalue weighted by Crippen LogP contribution is -2.06. The molecule has 0 spiro atoms. The Kier molecular flexibility index (Phi) is 6.44. The summed E-state index contributed by atoms with van der Waals surface area (Å²) in [6.07, 6.45) is 0.855. The zero-order valence-corrected chi connectivity index (χ0v) is 17.4. The van der Waals surface area contributed by atoms with Crippen LogP contribution in [0.1, 0.15) is 54.2 Å². The van der Waals surface area contributed by atoms with Crippen LogP contribution in [0.3, 0.4) is 0 Å². The van der Waals surface area contributed by atoms with E-state index >= 15 is 0 Å². The van der Waals surface area contributed by atoms with Crippen LogP contribution in [0.25, 0.3) is 11.1 Å². The van der Waals surface area contributed by atoms with Crippen molar-refractivity contribution in [2.24, 2.45) is 0 Å². The Morgan fingerprint density at radius 1 is 0.935 bits per heavy atom. The van der Waals surface area contributed by atoms with E-state index in [-0.39, 0.29) is 23.0 Å². The summed E-state index contributed by atoms with van der Waals surface area (Å²) in [6, 6.07) is 15.8. The number of aryl methyl sites for hydroxylation is 2. The minimum atomic E-state index is -0.989. The van der Waals surface area contributed by atoms with E-state index in [1.54, 1.807) is 12.1 Å². The Hall–Kier alpha value is -2.63. The lowest BCUT2D eigenvalue weighted by Gasteiger charge is -2.13. The molecule has 1 fully saturated rings. The Labute approximate surface area is 180 Å². The molecule has 0 saturated carbocycles. The van der Waals surface area contributed by atoms with Crippen LogP contribution in [0.5, 0.6) is 0 Å². The fraction of sp³-hybridized carbons (Fsp3) is 0.308. The van der Waals surface area contributed by atoms with Crippen LogP contribution in [0.4, 0.5) is 13.2 Å². The SMILES string of the molecule is CCCC(O)c1ccc(CCc2ccc(-c3ccc(C4CO4)c(F)c3)cc2)c(F)c1F. The number of epoxide rings is 1. The molecule has 1 aliphatic heterocycles. The van der Waals surface area contributed by atoms with Gasteiger partial charge in [0, 0.05) is 11.1 Å². The van der Waals surface area contributed by atoms with Gasteiger partial charge < -0.3 is 9.84 Å². The molecule has 31 heavy (non-hydrogen) atoms. The number of hydrogen-bond acceptors (Lipinski definition) is 2. The van der Waals surface area contributed by atoms with Crippen molar-refractivity contribution in [2.45, 2.75) is 44.8 Å². The zero-order valence-electron chi connectivity index (χ0n) is 17.4. The summed E-state index contributed by atoms with van der Waals surface area (Å²) < 4.78 is 48.2. The average Bonchev–Trinajstić information content (AvgIpc) is 3.60. The van der Waals surface area contributed by atoms with Crippen LogP contribution in [0.15, 0.2) is 54.6 Å². The maximum Gasteiger partial charge on any atom is 0.164 e. The molecule has 4 rings (SSSR count). The van der Waals surface area contributed by atoms with E-state index in [0.29, 0.717) is 37.9 Å². The van der Waals surface area contributed by atoms with E-state index in [0.717, 1.165) is 16.7 Å². The molecular weight excluding hydrogens is 401 g/mol. The van der Waals surface area contributed by atoms with Gasteiger partial charge in [0.25, 0.3) is 0 Å². The van der Waals surface area contributed by atoms with Gasteiger partial charge in [-0.15, -0.1) is 0 Å². The predicted octanol–water partition coefficient (Wildman–Crippen LogP) is 6.46. The first kappa shape index (κ1) is 21.6. The number of ether oxygens (including phenoxy) is 1. The van der Waals surface area contributed by atoms with Crippen LogP contribution >= 0.6 is 0 Å². The van der Waals surface area contributed by atoms with Crippen molar-refractivity contribution in [3.8, 4) is 11.1 Å². The molecule has 3 aromatic carbocycles. The fourth-order valence-corrected chi connectivity index (χ4v) is 3.82. The summed E-state index contributed by atoms with van der Waals surface area (Å²) in [7, 11) is 0. The third-order valence-corrected chi connectivity index (χ3v) is 5.76. The highest BCUT2D eigenvalue weighted by molar-refractivity contribution is 5.64. The molecule has 0 amide bonds. The molecule has 0 bridgehead atoms. The first-order chi connectivity index (χ1) is 15.0. The molecule has 1 saturated heterocycles. The van der Waals surface area contributed by atoms with Crippen LogP contribution in [0, 0.1) is 17.5 Å². The van der Waals surface area contributed by atoms with Crippen molar-refractivity contribution in [1.29, 1.82) is 0 Å². The van der Waals surface area contributed by atoms with Gasteiger partial charge in [-0.1, -0.05) is 61.9 Å². The van der Waals surface area contributed by atoms with Crippen LogP contribution in [-0.4, -0.2) is 11.7 Å². The summed E-state index contributed by atoms with van der Waals surface area (Å²) in [5.41, 5.74) is 3.53. The maximum absolute atomic E-state index is 14.5. The molecule has 2 unspecified atom stereocenters. The summed E-state index contributed by atoms with van der Waals surface area (Å²) >= 11 is 0. The molecule has 0 aliphatic carbocycles. The van der Waals surface area contributed by atoms with E-state index < -0.39 is 17.7 Å². The standard InChI is InChI=1S/C26H25F3O2/c1-2-3-23(30)21-13-10-18(25(28)26(21)29)9-6-16-4-7-17(8-5-16)19-11-12-20(22(27)14-19)24-15-31-24/h4-5,7-8,10-14,23-24,30H,2-3,6,9,15H2,1H3. The Morgan fingerprint density at radius 2 is 1.65 bits per heavy atom. The molecule has 0 aromatic heterocycles. The molecule has 2 nitrogen and oxygen atoms in total.